The first-order valence-electron chi connectivity index (χ1n) is 8.02. The number of anilines is 1. The average Bonchev–Trinajstić information content (AvgIpc) is 2.94. The van der Waals surface area contributed by atoms with Crippen molar-refractivity contribution in [1.82, 2.24) is 9.88 Å². The van der Waals surface area contributed by atoms with Gasteiger partial charge in [0.25, 0.3) is 0 Å². The summed E-state index contributed by atoms with van der Waals surface area (Å²) in [6.45, 7) is 8.04. The minimum atomic E-state index is 0.525. The maximum Gasteiger partial charge on any atom is 0.0767 e. The Morgan fingerprint density at radius 2 is 2.05 bits per heavy atom. The summed E-state index contributed by atoms with van der Waals surface area (Å²) < 4.78 is 0. The number of nitrogens with two attached hydrogens (primary N) is 1. The van der Waals surface area contributed by atoms with E-state index in [2.05, 4.69) is 35.9 Å². The van der Waals surface area contributed by atoms with E-state index in [-0.39, 0.29) is 0 Å². The van der Waals surface area contributed by atoms with E-state index in [1.807, 2.05) is 18.3 Å². The molecule has 1 aliphatic heterocycles. The Bertz CT molecular complexity index is 631. The van der Waals surface area contributed by atoms with Crippen LogP contribution in [-0.2, 0) is 6.54 Å². The molecule has 21 heavy (non-hydrogen) atoms. The van der Waals surface area contributed by atoms with Gasteiger partial charge in [-0.25, -0.2) is 0 Å². The van der Waals surface area contributed by atoms with Crippen molar-refractivity contribution in [2.24, 2.45) is 5.41 Å². The number of fused-ring (bicyclic) bond motifs is 1. The summed E-state index contributed by atoms with van der Waals surface area (Å²) in [6.07, 6.45) is 5.74. The van der Waals surface area contributed by atoms with Gasteiger partial charge in [0.15, 0.2) is 0 Å². The van der Waals surface area contributed by atoms with Crippen LogP contribution in [0.5, 0.6) is 0 Å². The summed E-state index contributed by atoms with van der Waals surface area (Å²) in [5, 5.41) is 1.08. The van der Waals surface area contributed by atoms with Crippen molar-refractivity contribution in [2.75, 3.05) is 18.8 Å². The molecular formula is C18H25N3. The number of rotatable bonds is 4. The molecule has 2 heterocycles. The molecule has 0 saturated carbocycles. The van der Waals surface area contributed by atoms with Gasteiger partial charge in [-0.3, -0.25) is 9.88 Å². The third kappa shape index (κ3) is 2.62. The highest BCUT2D eigenvalue weighted by Crippen LogP contribution is 2.38. The largest absolute Gasteiger partial charge is 0.398 e. The average molecular weight is 283 g/mol. The fourth-order valence-corrected chi connectivity index (χ4v) is 3.61. The van der Waals surface area contributed by atoms with Gasteiger partial charge in [-0.15, -0.1) is 0 Å². The Hall–Kier alpha value is -1.61. The predicted molar refractivity (Wildman–Crippen MR) is 89.1 cm³/mol. The lowest BCUT2D eigenvalue weighted by molar-refractivity contribution is 0.236. The SMILES string of the molecule is CCC1(CC)CCN(Cc2ccc(N)c3cccnc23)C1. The first kappa shape index (κ1) is 14.3. The van der Waals surface area contributed by atoms with E-state index < -0.39 is 0 Å². The van der Waals surface area contributed by atoms with Crippen LogP contribution in [0.15, 0.2) is 30.5 Å². The molecule has 0 bridgehead atoms. The second-order valence-corrected chi connectivity index (χ2v) is 6.38. The number of likely N-dealkylation sites (tertiary alicyclic amines) is 1. The molecular weight excluding hydrogens is 258 g/mol. The van der Waals surface area contributed by atoms with E-state index in [1.165, 1.54) is 37.9 Å². The first-order chi connectivity index (χ1) is 10.2. The molecule has 1 fully saturated rings. The van der Waals surface area contributed by atoms with E-state index in [9.17, 15) is 0 Å². The first-order valence-corrected chi connectivity index (χ1v) is 8.02. The third-order valence-corrected chi connectivity index (χ3v) is 5.30. The summed E-state index contributed by atoms with van der Waals surface area (Å²) in [4.78, 5) is 7.13. The van der Waals surface area contributed by atoms with E-state index in [0.29, 0.717) is 5.41 Å². The van der Waals surface area contributed by atoms with Crippen LogP contribution in [0.4, 0.5) is 5.69 Å². The normalized spacial score (nSPS) is 18.4. The number of benzene rings is 1. The van der Waals surface area contributed by atoms with E-state index >= 15 is 0 Å². The highest BCUT2D eigenvalue weighted by molar-refractivity contribution is 5.92. The number of hydrogen-bond acceptors (Lipinski definition) is 3. The number of pyridine rings is 1. The van der Waals surface area contributed by atoms with Crippen LogP contribution in [0.1, 0.15) is 38.7 Å². The van der Waals surface area contributed by atoms with Gasteiger partial charge in [-0.2, -0.15) is 0 Å². The molecule has 2 N–H and O–H groups in total. The van der Waals surface area contributed by atoms with Gasteiger partial charge in [-0.05, 0) is 55.0 Å². The van der Waals surface area contributed by atoms with Gasteiger partial charge >= 0.3 is 0 Å². The zero-order valence-corrected chi connectivity index (χ0v) is 13.1. The zero-order valence-electron chi connectivity index (χ0n) is 13.1. The molecule has 3 nitrogen and oxygen atoms in total. The Morgan fingerprint density at radius 1 is 1.24 bits per heavy atom. The Balaban J connectivity index is 1.85. The third-order valence-electron chi connectivity index (χ3n) is 5.30. The van der Waals surface area contributed by atoms with Gasteiger partial charge in [0.05, 0.1) is 5.52 Å². The minimum absolute atomic E-state index is 0.525. The lowest BCUT2D eigenvalue weighted by atomic mass is 9.82. The second kappa shape index (κ2) is 5.64. The smallest absolute Gasteiger partial charge is 0.0767 e. The second-order valence-electron chi connectivity index (χ2n) is 6.38. The Labute approximate surface area is 127 Å². The maximum absolute atomic E-state index is 6.07. The molecule has 1 aromatic carbocycles. The zero-order chi connectivity index (χ0) is 14.9. The van der Waals surface area contributed by atoms with Crippen molar-refractivity contribution < 1.29 is 0 Å². The van der Waals surface area contributed by atoms with Gasteiger partial charge in [-0.1, -0.05) is 19.9 Å². The molecule has 0 unspecified atom stereocenters. The van der Waals surface area contributed by atoms with Crippen molar-refractivity contribution in [3.05, 3.63) is 36.0 Å². The summed E-state index contributed by atoms with van der Waals surface area (Å²) in [6, 6.07) is 8.18. The van der Waals surface area contributed by atoms with Crippen molar-refractivity contribution in [3.63, 3.8) is 0 Å². The fraction of sp³-hybridized carbons (Fsp3) is 0.500. The number of nitrogen functional groups attached to an aromatic ring is 1. The molecule has 1 aromatic heterocycles. The molecule has 0 atom stereocenters. The lowest BCUT2D eigenvalue weighted by Crippen LogP contribution is -2.26. The quantitative estimate of drug-likeness (QED) is 0.867. The van der Waals surface area contributed by atoms with Crippen LogP contribution in [0.2, 0.25) is 0 Å². The molecule has 0 aliphatic carbocycles. The molecule has 3 heteroatoms. The molecule has 2 aromatic rings. The monoisotopic (exact) mass is 283 g/mol. The predicted octanol–water partition coefficient (Wildman–Crippen LogP) is 3.83. The van der Waals surface area contributed by atoms with Crippen LogP contribution in [0, 0.1) is 5.41 Å². The maximum atomic E-state index is 6.07. The van der Waals surface area contributed by atoms with Crippen LogP contribution in [0.3, 0.4) is 0 Å². The highest BCUT2D eigenvalue weighted by atomic mass is 15.2. The van der Waals surface area contributed by atoms with Gasteiger partial charge in [0.1, 0.15) is 0 Å². The molecule has 0 radical (unpaired) electrons. The summed E-state index contributed by atoms with van der Waals surface area (Å²) >= 11 is 0. The number of nitrogens with zero attached hydrogens (tertiary/aromatic N) is 2. The van der Waals surface area contributed by atoms with Gasteiger partial charge in [0, 0.05) is 30.4 Å². The minimum Gasteiger partial charge on any atom is -0.398 e. The molecule has 112 valence electrons. The van der Waals surface area contributed by atoms with Crippen molar-refractivity contribution >= 4 is 16.6 Å². The lowest BCUT2D eigenvalue weighted by Gasteiger charge is -2.26. The summed E-state index contributed by atoms with van der Waals surface area (Å²) in [5.74, 6) is 0. The standard InChI is InChI=1S/C18H25N3/c1-3-18(4-2)9-11-21(13-18)12-14-7-8-16(19)15-6-5-10-20-17(14)15/h5-8,10H,3-4,9,11-13,19H2,1-2H3. The molecule has 3 rings (SSSR count). The topological polar surface area (TPSA) is 42.1 Å². The Morgan fingerprint density at radius 3 is 2.76 bits per heavy atom. The molecule has 0 spiro atoms. The van der Waals surface area contributed by atoms with Crippen molar-refractivity contribution in [1.29, 1.82) is 0 Å². The van der Waals surface area contributed by atoms with Crippen LogP contribution < -0.4 is 5.73 Å². The van der Waals surface area contributed by atoms with Gasteiger partial charge in [0.2, 0.25) is 0 Å². The van der Waals surface area contributed by atoms with Crippen molar-refractivity contribution in [2.45, 2.75) is 39.7 Å². The van der Waals surface area contributed by atoms with Crippen molar-refractivity contribution in [3.8, 4) is 0 Å². The van der Waals surface area contributed by atoms with Gasteiger partial charge < -0.3 is 5.73 Å². The van der Waals surface area contributed by atoms with E-state index in [0.717, 1.165) is 23.1 Å². The van der Waals surface area contributed by atoms with Crippen LogP contribution in [-0.4, -0.2) is 23.0 Å². The fourth-order valence-electron chi connectivity index (χ4n) is 3.61. The summed E-state index contributed by atoms with van der Waals surface area (Å²) in [5.41, 5.74) is 9.76. The molecule has 0 amide bonds. The van der Waals surface area contributed by atoms with E-state index in [4.69, 9.17) is 5.73 Å². The highest BCUT2D eigenvalue weighted by Gasteiger charge is 2.34. The molecule has 1 aliphatic rings. The number of aromatic nitrogens is 1. The summed E-state index contributed by atoms with van der Waals surface area (Å²) in [7, 11) is 0. The van der Waals surface area contributed by atoms with E-state index in [1.54, 1.807) is 0 Å². The van der Waals surface area contributed by atoms with Crippen LogP contribution in [0.25, 0.3) is 10.9 Å². The molecule has 1 saturated heterocycles. The van der Waals surface area contributed by atoms with Crippen LogP contribution >= 0.6 is 0 Å². The number of hydrogen-bond donors (Lipinski definition) is 1. The Kier molecular flexibility index (Phi) is 3.85.